The molecule has 3 rings (SSSR count). The molecule has 0 aliphatic heterocycles. The maximum Gasteiger partial charge on any atom is 0.237 e. The summed E-state index contributed by atoms with van der Waals surface area (Å²) in [4.78, 5) is 23.3. The van der Waals surface area contributed by atoms with Crippen LogP contribution in [0.1, 0.15) is 49.7 Å². The fourth-order valence-electron chi connectivity index (χ4n) is 3.85. The summed E-state index contributed by atoms with van der Waals surface area (Å²) < 4.78 is 0. The molecule has 1 atom stereocenters. The van der Waals surface area contributed by atoms with Gasteiger partial charge in [0, 0.05) is 17.9 Å². The van der Waals surface area contributed by atoms with Crippen molar-refractivity contribution >= 4 is 12.2 Å². The number of amides is 1. The van der Waals surface area contributed by atoms with Crippen molar-refractivity contribution in [1.29, 1.82) is 0 Å². The smallest absolute Gasteiger partial charge is 0.237 e. The fraction of sp³-hybridized carbons (Fsp3) is 0.600. The molecule has 0 bridgehead atoms. The lowest BCUT2D eigenvalue weighted by Gasteiger charge is -2.29. The van der Waals surface area contributed by atoms with E-state index in [4.69, 9.17) is 5.73 Å². The van der Waals surface area contributed by atoms with Gasteiger partial charge in [0.2, 0.25) is 5.91 Å². The second-order valence-electron chi connectivity index (χ2n) is 7.70. The summed E-state index contributed by atoms with van der Waals surface area (Å²) in [5.41, 5.74) is 8.87. The van der Waals surface area contributed by atoms with E-state index in [-0.39, 0.29) is 23.2 Å². The van der Waals surface area contributed by atoms with E-state index in [9.17, 15) is 9.59 Å². The molecule has 2 aliphatic carbocycles. The first-order valence-corrected chi connectivity index (χ1v) is 9.10. The number of nitrogens with one attached hydrogen (secondary N) is 1. The second kappa shape index (κ2) is 7.06. The number of hydrogen-bond acceptors (Lipinski definition) is 3. The monoisotopic (exact) mass is 328 g/mol. The molecule has 2 fully saturated rings. The SMILES string of the molecule is Cc1ccc(C2(CNC(=O)C(N)C3CCC(C=O)CC3)CC2)cc1. The molecule has 0 spiro atoms. The highest BCUT2D eigenvalue weighted by molar-refractivity contribution is 5.82. The van der Waals surface area contributed by atoms with E-state index in [1.54, 1.807) is 0 Å². The van der Waals surface area contributed by atoms with Crippen LogP contribution in [0, 0.1) is 18.8 Å². The van der Waals surface area contributed by atoms with Gasteiger partial charge in [-0.1, -0.05) is 29.8 Å². The molecule has 0 heterocycles. The molecule has 0 saturated heterocycles. The highest BCUT2D eigenvalue weighted by atomic mass is 16.2. The van der Waals surface area contributed by atoms with E-state index in [2.05, 4.69) is 36.5 Å². The van der Waals surface area contributed by atoms with Crippen LogP contribution in [0.15, 0.2) is 24.3 Å². The highest BCUT2D eigenvalue weighted by Gasteiger charge is 2.44. The van der Waals surface area contributed by atoms with Crippen LogP contribution in [-0.2, 0) is 15.0 Å². The zero-order valence-electron chi connectivity index (χ0n) is 14.5. The number of carbonyl (C=O) groups is 2. The molecule has 2 saturated carbocycles. The van der Waals surface area contributed by atoms with Gasteiger partial charge in [-0.2, -0.15) is 0 Å². The molecule has 1 aromatic carbocycles. The summed E-state index contributed by atoms with van der Waals surface area (Å²) in [7, 11) is 0. The van der Waals surface area contributed by atoms with Gasteiger partial charge in [-0.15, -0.1) is 0 Å². The number of aryl methyl sites for hydroxylation is 1. The molecule has 3 N–H and O–H groups in total. The quantitative estimate of drug-likeness (QED) is 0.788. The van der Waals surface area contributed by atoms with Gasteiger partial charge in [-0.25, -0.2) is 0 Å². The van der Waals surface area contributed by atoms with E-state index >= 15 is 0 Å². The molecule has 4 nitrogen and oxygen atoms in total. The maximum atomic E-state index is 12.4. The standard InChI is InChI=1S/C20H28N2O2/c1-14-2-8-17(9-3-14)20(10-11-20)13-22-19(24)18(21)16-6-4-15(12-23)5-7-16/h2-3,8-9,12,15-16,18H,4-7,10-11,13,21H2,1H3,(H,22,24). The Balaban J connectivity index is 1.52. The van der Waals surface area contributed by atoms with Crippen molar-refractivity contribution in [3.8, 4) is 0 Å². The Morgan fingerprint density at radius 3 is 2.42 bits per heavy atom. The van der Waals surface area contributed by atoms with Gasteiger partial charge >= 0.3 is 0 Å². The van der Waals surface area contributed by atoms with Crippen LogP contribution in [-0.4, -0.2) is 24.8 Å². The molecule has 2 aliphatic rings. The summed E-state index contributed by atoms with van der Waals surface area (Å²) >= 11 is 0. The molecule has 0 aromatic heterocycles. The molecular formula is C20H28N2O2. The number of rotatable bonds is 6. The van der Waals surface area contributed by atoms with Crippen molar-refractivity contribution in [2.75, 3.05) is 6.54 Å². The Bertz CT molecular complexity index is 584. The molecule has 1 unspecified atom stereocenters. The van der Waals surface area contributed by atoms with Gasteiger partial charge in [0.05, 0.1) is 6.04 Å². The predicted molar refractivity (Wildman–Crippen MR) is 94.6 cm³/mol. The largest absolute Gasteiger partial charge is 0.354 e. The molecule has 1 amide bonds. The van der Waals surface area contributed by atoms with Crippen molar-refractivity contribution in [3.05, 3.63) is 35.4 Å². The van der Waals surface area contributed by atoms with Crippen molar-refractivity contribution in [3.63, 3.8) is 0 Å². The first-order valence-electron chi connectivity index (χ1n) is 9.10. The first kappa shape index (κ1) is 17.2. The van der Waals surface area contributed by atoms with Crippen LogP contribution >= 0.6 is 0 Å². The fourth-order valence-corrected chi connectivity index (χ4v) is 3.85. The van der Waals surface area contributed by atoms with E-state index in [1.807, 2.05) is 0 Å². The van der Waals surface area contributed by atoms with Crippen molar-refractivity contribution in [2.45, 2.75) is 56.9 Å². The Morgan fingerprint density at radius 1 is 1.25 bits per heavy atom. The third kappa shape index (κ3) is 3.69. The Morgan fingerprint density at radius 2 is 1.88 bits per heavy atom. The third-order valence-electron chi connectivity index (χ3n) is 5.94. The molecule has 130 valence electrons. The van der Waals surface area contributed by atoms with Crippen LogP contribution in [0.3, 0.4) is 0 Å². The van der Waals surface area contributed by atoms with Gasteiger partial charge in [-0.3, -0.25) is 4.79 Å². The van der Waals surface area contributed by atoms with E-state index < -0.39 is 6.04 Å². The van der Waals surface area contributed by atoms with Crippen LogP contribution < -0.4 is 11.1 Å². The summed E-state index contributed by atoms with van der Waals surface area (Å²) in [5, 5.41) is 3.09. The summed E-state index contributed by atoms with van der Waals surface area (Å²) in [5.74, 6) is 0.325. The lowest BCUT2D eigenvalue weighted by atomic mass is 9.79. The summed E-state index contributed by atoms with van der Waals surface area (Å²) in [6, 6.07) is 8.17. The maximum absolute atomic E-state index is 12.4. The second-order valence-corrected chi connectivity index (χ2v) is 7.70. The minimum Gasteiger partial charge on any atom is -0.354 e. The Hall–Kier alpha value is -1.68. The van der Waals surface area contributed by atoms with Crippen LogP contribution in [0.4, 0.5) is 0 Å². The van der Waals surface area contributed by atoms with Gasteiger partial charge < -0.3 is 15.8 Å². The van der Waals surface area contributed by atoms with Crippen LogP contribution in [0.25, 0.3) is 0 Å². The van der Waals surface area contributed by atoms with Gasteiger partial charge in [0.25, 0.3) is 0 Å². The Labute approximate surface area is 144 Å². The number of hydrogen-bond donors (Lipinski definition) is 2. The van der Waals surface area contributed by atoms with Gasteiger partial charge in [-0.05, 0) is 56.9 Å². The van der Waals surface area contributed by atoms with Crippen molar-refractivity contribution < 1.29 is 9.59 Å². The lowest BCUT2D eigenvalue weighted by Crippen LogP contribution is -2.48. The van der Waals surface area contributed by atoms with Crippen molar-refractivity contribution in [1.82, 2.24) is 5.32 Å². The predicted octanol–water partition coefficient (Wildman–Crippen LogP) is 2.48. The zero-order valence-corrected chi connectivity index (χ0v) is 14.5. The van der Waals surface area contributed by atoms with E-state index in [1.165, 1.54) is 11.1 Å². The first-order chi connectivity index (χ1) is 11.5. The van der Waals surface area contributed by atoms with Crippen LogP contribution in [0.5, 0.6) is 0 Å². The molecule has 4 heteroatoms. The number of carbonyl (C=O) groups excluding carboxylic acids is 2. The van der Waals surface area contributed by atoms with E-state index in [0.717, 1.165) is 44.8 Å². The van der Waals surface area contributed by atoms with Gasteiger partial charge in [0.1, 0.15) is 6.29 Å². The van der Waals surface area contributed by atoms with E-state index in [0.29, 0.717) is 6.54 Å². The molecule has 24 heavy (non-hydrogen) atoms. The minimum absolute atomic E-state index is 0.0389. The molecular weight excluding hydrogens is 300 g/mol. The summed E-state index contributed by atoms with van der Waals surface area (Å²) in [6.07, 6.45) is 6.76. The molecule has 1 aromatic rings. The highest BCUT2D eigenvalue weighted by Crippen LogP contribution is 2.47. The zero-order chi connectivity index (χ0) is 17.2. The minimum atomic E-state index is -0.452. The third-order valence-corrected chi connectivity index (χ3v) is 5.94. The Kier molecular flexibility index (Phi) is 5.04. The number of aldehydes is 1. The van der Waals surface area contributed by atoms with Crippen LogP contribution in [0.2, 0.25) is 0 Å². The molecule has 0 radical (unpaired) electrons. The normalized spacial score (nSPS) is 26.4. The topological polar surface area (TPSA) is 72.2 Å². The number of benzene rings is 1. The average molecular weight is 328 g/mol. The number of nitrogens with two attached hydrogens (primary N) is 1. The van der Waals surface area contributed by atoms with Gasteiger partial charge in [0.15, 0.2) is 0 Å². The van der Waals surface area contributed by atoms with Crippen molar-refractivity contribution in [2.24, 2.45) is 17.6 Å². The summed E-state index contributed by atoms with van der Waals surface area (Å²) in [6.45, 7) is 2.76. The average Bonchev–Trinajstić information content (AvgIpc) is 3.41. The lowest BCUT2D eigenvalue weighted by molar-refractivity contribution is -0.124.